The minimum Gasteiger partial charge on any atom is -0.496 e. The smallest absolute Gasteiger partial charge is 0.129 e. The molecular weight excluding hydrogens is 387 g/mol. The maximum absolute atomic E-state index is 14.1. The number of hydrogen-bond acceptors (Lipinski definition) is 3. The molecule has 0 aliphatic heterocycles. The fraction of sp³-hybridized carbons (Fsp3) is 0.542. The Kier molecular flexibility index (Phi) is 7.18. The van der Waals surface area contributed by atoms with E-state index < -0.39 is 0 Å². The largest absolute Gasteiger partial charge is 0.496 e. The third-order valence-electron chi connectivity index (χ3n) is 6.75. The summed E-state index contributed by atoms with van der Waals surface area (Å²) in [6.07, 6.45) is 10.6. The molecule has 0 bridgehead atoms. The topological polar surface area (TPSA) is 48.1 Å². The van der Waals surface area contributed by atoms with E-state index in [-0.39, 0.29) is 16.6 Å². The van der Waals surface area contributed by atoms with Crippen LogP contribution in [-0.4, -0.2) is 18.6 Å². The van der Waals surface area contributed by atoms with Crippen molar-refractivity contribution in [3.63, 3.8) is 0 Å². The van der Waals surface area contributed by atoms with Crippen LogP contribution in [0.15, 0.2) is 36.5 Å². The highest BCUT2D eigenvalue weighted by molar-refractivity contribution is 6.29. The van der Waals surface area contributed by atoms with E-state index in [1.54, 1.807) is 25.4 Å². The van der Waals surface area contributed by atoms with Crippen molar-refractivity contribution >= 4 is 11.6 Å². The molecule has 1 unspecified atom stereocenters. The lowest BCUT2D eigenvalue weighted by atomic mass is 9.68. The molecule has 2 N–H and O–H groups in total. The predicted octanol–water partition coefficient (Wildman–Crippen LogP) is 6.07. The van der Waals surface area contributed by atoms with E-state index in [9.17, 15) is 4.39 Å². The van der Waals surface area contributed by atoms with Gasteiger partial charge in [0.05, 0.1) is 7.11 Å². The van der Waals surface area contributed by atoms with Gasteiger partial charge in [-0.15, -0.1) is 0 Å². The zero-order chi connectivity index (χ0) is 20.9. The summed E-state index contributed by atoms with van der Waals surface area (Å²) in [4.78, 5) is 4.12. The summed E-state index contributed by atoms with van der Waals surface area (Å²) in [5.74, 6) is 0.509. The number of hydrogen-bond donors (Lipinski definition) is 1. The first-order chi connectivity index (χ1) is 13.9. The van der Waals surface area contributed by atoms with Gasteiger partial charge in [0.15, 0.2) is 0 Å². The first-order valence-corrected chi connectivity index (χ1v) is 10.9. The first kappa shape index (κ1) is 22.0. The van der Waals surface area contributed by atoms with Gasteiger partial charge in [0, 0.05) is 11.8 Å². The number of pyridine rings is 1. The van der Waals surface area contributed by atoms with Crippen molar-refractivity contribution in [3.05, 3.63) is 58.6 Å². The Hall–Kier alpha value is -1.65. The fourth-order valence-corrected chi connectivity index (χ4v) is 5.23. The van der Waals surface area contributed by atoms with Crippen LogP contribution in [0.1, 0.15) is 63.0 Å². The van der Waals surface area contributed by atoms with Crippen LogP contribution in [0, 0.1) is 11.2 Å². The van der Waals surface area contributed by atoms with Crippen molar-refractivity contribution in [2.45, 2.75) is 63.7 Å². The molecule has 0 spiro atoms. The fourth-order valence-electron chi connectivity index (χ4n) is 5.03. The Morgan fingerprint density at radius 1 is 1.21 bits per heavy atom. The second kappa shape index (κ2) is 9.44. The summed E-state index contributed by atoms with van der Waals surface area (Å²) in [5, 5.41) is 0.549. The average molecular weight is 419 g/mol. The lowest BCUT2D eigenvalue weighted by molar-refractivity contribution is 0.224. The van der Waals surface area contributed by atoms with Crippen molar-refractivity contribution in [1.82, 2.24) is 4.98 Å². The van der Waals surface area contributed by atoms with Gasteiger partial charge in [0.25, 0.3) is 0 Å². The van der Waals surface area contributed by atoms with Crippen LogP contribution in [0.25, 0.3) is 0 Å². The molecule has 29 heavy (non-hydrogen) atoms. The Labute approximate surface area is 178 Å². The van der Waals surface area contributed by atoms with E-state index in [0.717, 1.165) is 37.0 Å². The van der Waals surface area contributed by atoms with Crippen LogP contribution < -0.4 is 10.5 Å². The number of nitrogens with two attached hydrogens (primary N) is 1. The molecule has 1 aromatic carbocycles. The normalized spacial score (nSPS) is 17.8. The van der Waals surface area contributed by atoms with E-state index >= 15 is 0 Å². The number of methoxy groups -OCH3 is 1. The van der Waals surface area contributed by atoms with Gasteiger partial charge in [0.2, 0.25) is 0 Å². The monoisotopic (exact) mass is 418 g/mol. The maximum Gasteiger partial charge on any atom is 0.129 e. The number of benzene rings is 1. The highest BCUT2D eigenvalue weighted by Gasteiger charge is 2.38. The molecule has 1 heterocycles. The summed E-state index contributed by atoms with van der Waals surface area (Å²) >= 11 is 6.12. The van der Waals surface area contributed by atoms with Crippen LogP contribution in [-0.2, 0) is 11.8 Å². The van der Waals surface area contributed by atoms with Gasteiger partial charge in [-0.3, -0.25) is 0 Å². The minimum atomic E-state index is -0.231. The molecule has 1 atom stereocenters. The van der Waals surface area contributed by atoms with Gasteiger partial charge in [-0.05, 0) is 91.8 Å². The first-order valence-electron chi connectivity index (χ1n) is 10.5. The standard InChI is InChI=1S/C24H32ClFN2O/c1-23(12-13-27,20-16-19(26)5-6-21(20)29-2)10-11-24(8-3-4-9-24)17-18-7-14-28-22(25)15-18/h5-7,14-16H,3-4,8-13,17,27H2,1-2H3. The number of nitrogens with zero attached hydrogens (tertiary/aromatic N) is 1. The number of rotatable bonds is 9. The lowest BCUT2D eigenvalue weighted by Crippen LogP contribution is -2.30. The van der Waals surface area contributed by atoms with Crippen LogP contribution in [0.5, 0.6) is 5.75 Å². The molecule has 1 aliphatic carbocycles. The molecule has 3 nitrogen and oxygen atoms in total. The molecule has 0 amide bonds. The van der Waals surface area contributed by atoms with E-state index in [1.807, 2.05) is 6.07 Å². The molecular formula is C24H32ClFN2O. The molecule has 0 radical (unpaired) electrons. The van der Waals surface area contributed by atoms with E-state index in [1.165, 1.54) is 37.3 Å². The Bertz CT molecular complexity index is 822. The SMILES string of the molecule is COc1ccc(F)cc1C(C)(CCN)CCC1(Cc2ccnc(Cl)c2)CCCC1. The third kappa shape index (κ3) is 5.29. The Morgan fingerprint density at radius 3 is 2.62 bits per heavy atom. The average Bonchev–Trinajstić information content (AvgIpc) is 3.15. The molecule has 1 fully saturated rings. The molecule has 1 aromatic heterocycles. The van der Waals surface area contributed by atoms with Crippen LogP contribution in [0.3, 0.4) is 0 Å². The summed E-state index contributed by atoms with van der Waals surface area (Å²) in [6.45, 7) is 2.76. The zero-order valence-corrected chi connectivity index (χ0v) is 18.3. The number of halogens is 2. The zero-order valence-electron chi connectivity index (χ0n) is 17.5. The molecule has 1 saturated carbocycles. The van der Waals surface area contributed by atoms with Crippen molar-refractivity contribution in [3.8, 4) is 5.75 Å². The van der Waals surface area contributed by atoms with Crippen LogP contribution >= 0.6 is 11.6 Å². The highest BCUT2D eigenvalue weighted by atomic mass is 35.5. The highest BCUT2D eigenvalue weighted by Crippen LogP contribution is 2.48. The maximum atomic E-state index is 14.1. The van der Waals surface area contributed by atoms with E-state index in [4.69, 9.17) is 22.1 Å². The van der Waals surface area contributed by atoms with Gasteiger partial charge in [-0.2, -0.15) is 0 Å². The Morgan fingerprint density at radius 2 is 1.97 bits per heavy atom. The quantitative estimate of drug-likeness (QED) is 0.502. The van der Waals surface area contributed by atoms with Crippen molar-refractivity contribution in [2.24, 2.45) is 11.1 Å². The number of aromatic nitrogens is 1. The van der Waals surface area contributed by atoms with Crippen LogP contribution in [0.4, 0.5) is 4.39 Å². The van der Waals surface area contributed by atoms with E-state index in [2.05, 4.69) is 18.0 Å². The van der Waals surface area contributed by atoms with Gasteiger partial charge >= 0.3 is 0 Å². The van der Waals surface area contributed by atoms with Gasteiger partial charge in [0.1, 0.15) is 16.7 Å². The third-order valence-corrected chi connectivity index (χ3v) is 6.96. The molecule has 158 valence electrons. The van der Waals surface area contributed by atoms with Crippen molar-refractivity contribution in [1.29, 1.82) is 0 Å². The van der Waals surface area contributed by atoms with Gasteiger partial charge in [-0.25, -0.2) is 9.37 Å². The second-order valence-corrected chi connectivity index (χ2v) is 9.20. The van der Waals surface area contributed by atoms with Crippen LogP contribution in [0.2, 0.25) is 5.15 Å². The molecule has 1 aliphatic rings. The molecule has 3 rings (SSSR count). The number of ether oxygens (including phenoxy) is 1. The molecule has 0 saturated heterocycles. The van der Waals surface area contributed by atoms with E-state index in [0.29, 0.717) is 11.7 Å². The summed E-state index contributed by atoms with van der Waals surface area (Å²) in [5.41, 5.74) is 8.17. The minimum absolute atomic E-state index is 0.229. The van der Waals surface area contributed by atoms with Crippen molar-refractivity contribution in [2.75, 3.05) is 13.7 Å². The molecule has 5 heteroatoms. The van der Waals surface area contributed by atoms with Gasteiger partial charge < -0.3 is 10.5 Å². The predicted molar refractivity (Wildman–Crippen MR) is 117 cm³/mol. The molecule has 2 aromatic rings. The summed E-state index contributed by atoms with van der Waals surface area (Å²) < 4.78 is 19.7. The Balaban J connectivity index is 1.85. The van der Waals surface area contributed by atoms with Gasteiger partial charge in [-0.1, -0.05) is 31.4 Å². The second-order valence-electron chi connectivity index (χ2n) is 8.81. The summed E-state index contributed by atoms with van der Waals surface area (Å²) in [6, 6.07) is 8.86. The lowest BCUT2D eigenvalue weighted by Gasteiger charge is -2.37. The van der Waals surface area contributed by atoms with Crippen molar-refractivity contribution < 1.29 is 9.13 Å². The summed E-state index contributed by atoms with van der Waals surface area (Å²) in [7, 11) is 1.64.